The lowest BCUT2D eigenvalue weighted by Crippen LogP contribution is -2.55. The van der Waals surface area contributed by atoms with Crippen molar-refractivity contribution in [2.75, 3.05) is 14.7 Å². The number of para-hydroxylation sites is 7. The van der Waals surface area contributed by atoms with Crippen molar-refractivity contribution in [3.63, 3.8) is 0 Å². The van der Waals surface area contributed by atoms with E-state index < -0.39 is 0 Å². The van der Waals surface area contributed by atoms with Crippen LogP contribution in [-0.2, 0) is 0 Å². The molecule has 12 aromatic rings. The summed E-state index contributed by atoms with van der Waals surface area (Å²) >= 11 is 2.01. The van der Waals surface area contributed by atoms with Gasteiger partial charge in [-0.3, -0.25) is 0 Å². The molecule has 0 N–H and O–H groups in total. The van der Waals surface area contributed by atoms with Gasteiger partial charge in [-0.25, -0.2) is 0 Å². The third-order valence-corrected chi connectivity index (χ3v) is 20.1. The van der Waals surface area contributed by atoms with Crippen molar-refractivity contribution in [3.8, 4) is 33.8 Å². The molecule has 5 aliphatic rings. The summed E-state index contributed by atoms with van der Waals surface area (Å²) in [5.74, 6) is 1.62. The molecule has 4 atom stereocenters. The maximum absolute atomic E-state index is 7.20. The van der Waals surface area contributed by atoms with Gasteiger partial charge in [0, 0.05) is 62.2 Å². The molecule has 12 aromatic carbocycles. The molecule has 418 valence electrons. The molecular weight excluding hydrogens is 1090 g/mol. The van der Waals surface area contributed by atoms with Gasteiger partial charge in [0.05, 0.1) is 17.1 Å². The summed E-state index contributed by atoms with van der Waals surface area (Å²) in [6.07, 6.45) is 5.53. The van der Waals surface area contributed by atoms with Crippen molar-refractivity contribution in [3.05, 3.63) is 348 Å². The zero-order chi connectivity index (χ0) is 58.4. The van der Waals surface area contributed by atoms with Crippen LogP contribution >= 0.6 is 11.8 Å². The lowest BCUT2D eigenvalue weighted by Gasteiger charge is -2.49. The van der Waals surface area contributed by atoms with Gasteiger partial charge in [-0.2, -0.15) is 0 Å². The highest BCUT2D eigenvalue weighted by atomic mass is 32.2. The maximum Gasteiger partial charge on any atom is 0.228 e. The zero-order valence-corrected chi connectivity index (χ0v) is 49.7. The van der Waals surface area contributed by atoms with E-state index in [9.17, 15) is 0 Å². The molecule has 0 saturated carbocycles. The van der Waals surface area contributed by atoms with E-state index in [0.717, 1.165) is 51.3 Å². The normalized spacial score (nSPS) is 17.1. The van der Waals surface area contributed by atoms with Gasteiger partial charge in [0.1, 0.15) is 11.5 Å². The van der Waals surface area contributed by atoms with E-state index in [1.54, 1.807) is 0 Å². The topological polar surface area (TPSA) is 19.0 Å². The van der Waals surface area contributed by atoms with Crippen LogP contribution in [0.25, 0.3) is 22.3 Å². The minimum Gasteiger partial charge on any atom is -0.458 e. The lowest BCUT2D eigenvalue weighted by molar-refractivity contribution is 0.485. The van der Waals surface area contributed by atoms with Gasteiger partial charge in [0.2, 0.25) is 6.71 Å². The Labute approximate surface area is 520 Å². The van der Waals surface area contributed by atoms with Crippen LogP contribution < -0.4 is 30.4 Å². The molecule has 4 unspecified atom stereocenters. The van der Waals surface area contributed by atoms with E-state index in [2.05, 4.69) is 332 Å². The van der Waals surface area contributed by atoms with Crippen LogP contribution in [0.2, 0.25) is 5.82 Å². The predicted molar refractivity (Wildman–Crippen MR) is 369 cm³/mol. The first-order valence-corrected chi connectivity index (χ1v) is 31.6. The molecule has 0 bridgehead atoms. The lowest BCUT2D eigenvalue weighted by atomic mass is 9.31. The van der Waals surface area contributed by atoms with E-state index >= 15 is 0 Å². The van der Waals surface area contributed by atoms with E-state index in [-0.39, 0.29) is 29.6 Å². The SMILES string of the molecule is Cc1ccc(-c2cccc(-c3ccc(C)cc3)c2C2C3=CC4Sc5cc(N(c6ccccc6)c6ccccc6)cc6c5B(c5ccccc5O6)C4C=C3C3c4ccccc4N(c4ccccc4)c4cc(N(c5ccccc5)c5ccccc5)cc2c43)cc1. The number of allylic oxidation sites excluding steroid dienone is 3. The quantitative estimate of drug-likeness (QED) is 0.127. The van der Waals surface area contributed by atoms with Crippen molar-refractivity contribution < 1.29 is 4.74 Å². The second-order valence-electron chi connectivity index (χ2n) is 24.0. The van der Waals surface area contributed by atoms with Crippen LogP contribution in [0.3, 0.4) is 0 Å². The fourth-order valence-corrected chi connectivity index (χ4v) is 16.4. The molecule has 0 spiro atoms. The number of hydrogen-bond donors (Lipinski definition) is 0. The zero-order valence-electron chi connectivity index (χ0n) is 48.9. The third kappa shape index (κ3) is 8.60. The van der Waals surface area contributed by atoms with Crippen molar-refractivity contribution >= 4 is 80.6 Å². The van der Waals surface area contributed by atoms with Crippen LogP contribution in [0, 0.1) is 13.8 Å². The molecule has 0 aromatic heterocycles. The number of thioether (sulfide) groups is 1. The van der Waals surface area contributed by atoms with Crippen molar-refractivity contribution in [2.45, 2.75) is 41.6 Å². The van der Waals surface area contributed by atoms with Gasteiger partial charge in [0.15, 0.2) is 0 Å². The van der Waals surface area contributed by atoms with E-state index in [0.29, 0.717) is 0 Å². The first-order chi connectivity index (χ1) is 43.5. The Hall–Kier alpha value is -10.3. The standard InChI is InChI=1S/C82H60BN3OS/c1-53-39-43-55(44-40-53)64-34-22-35-65(56-45-41-54(2)42-46-56)78(64)80-68-52-76-71(83-70-36-19-21-38-74(70)87-75-49-63(50-77(88-76)82(75)83)85(59-27-12-5-13-28-59)60-29-14-6-15-30-60)51-67(68)79-66-33-18-20-37-72(66)86(61-31-16-7-17-32-61)73-48-62(47-69(80)81(73)79)84(57-23-8-3-9-24-57)58-25-10-4-11-26-58/h3-52,71,76,79-80H,1-2H3. The number of ether oxygens (including phenoxy) is 1. The van der Waals surface area contributed by atoms with Crippen LogP contribution in [0.15, 0.2) is 319 Å². The molecule has 2 aliphatic carbocycles. The molecule has 0 saturated heterocycles. The monoisotopic (exact) mass is 1150 g/mol. The predicted octanol–water partition coefficient (Wildman–Crippen LogP) is 20.8. The van der Waals surface area contributed by atoms with Crippen molar-refractivity contribution in [1.82, 2.24) is 0 Å². The number of fused-ring (bicyclic) bond motifs is 8. The largest absolute Gasteiger partial charge is 0.458 e. The maximum atomic E-state index is 7.20. The Morgan fingerprint density at radius 1 is 0.398 bits per heavy atom. The minimum absolute atomic E-state index is 0.0251. The van der Waals surface area contributed by atoms with Crippen molar-refractivity contribution in [1.29, 1.82) is 0 Å². The van der Waals surface area contributed by atoms with Crippen LogP contribution in [0.5, 0.6) is 11.5 Å². The fourth-order valence-electron chi connectivity index (χ4n) is 15.0. The molecule has 3 heterocycles. The third-order valence-electron chi connectivity index (χ3n) is 18.8. The van der Waals surface area contributed by atoms with Gasteiger partial charge < -0.3 is 19.4 Å². The number of rotatable bonds is 10. The molecule has 88 heavy (non-hydrogen) atoms. The highest BCUT2D eigenvalue weighted by Gasteiger charge is 2.52. The number of aryl methyl sites for hydroxylation is 2. The molecule has 0 amide bonds. The Morgan fingerprint density at radius 3 is 1.49 bits per heavy atom. The Kier molecular flexibility index (Phi) is 12.6. The summed E-state index contributed by atoms with van der Waals surface area (Å²) in [6, 6.07) is 108. The molecule has 17 rings (SSSR count). The average molecular weight is 1150 g/mol. The van der Waals surface area contributed by atoms with Gasteiger partial charge in [-0.15, -0.1) is 11.8 Å². The second-order valence-corrected chi connectivity index (χ2v) is 25.2. The number of hydrogen-bond acceptors (Lipinski definition) is 5. The summed E-state index contributed by atoms with van der Waals surface area (Å²) in [5, 5.41) is 0.0539. The first kappa shape index (κ1) is 52.1. The van der Waals surface area contributed by atoms with Crippen LogP contribution in [0.1, 0.15) is 45.2 Å². The molecule has 4 nitrogen and oxygen atoms in total. The minimum atomic E-state index is -0.222. The number of nitrogens with zero attached hydrogens (tertiary/aromatic N) is 3. The van der Waals surface area contributed by atoms with Gasteiger partial charge in [-0.1, -0.05) is 217 Å². The molecule has 0 radical (unpaired) electrons. The Morgan fingerprint density at radius 2 is 0.898 bits per heavy atom. The molecule has 0 fully saturated rings. The summed E-state index contributed by atoms with van der Waals surface area (Å²) < 4.78 is 7.20. The highest BCUT2D eigenvalue weighted by Crippen LogP contribution is 2.65. The summed E-state index contributed by atoms with van der Waals surface area (Å²) in [6.45, 7) is 4.41. The number of benzene rings is 12. The molecular formula is C82H60BN3OS. The second kappa shape index (κ2) is 21.3. The smallest absolute Gasteiger partial charge is 0.228 e. The Bertz CT molecular complexity index is 4580. The van der Waals surface area contributed by atoms with Crippen molar-refractivity contribution in [2.24, 2.45) is 0 Å². The van der Waals surface area contributed by atoms with Crippen LogP contribution in [0.4, 0.5) is 51.2 Å². The van der Waals surface area contributed by atoms with E-state index in [4.69, 9.17) is 4.74 Å². The van der Waals surface area contributed by atoms with E-state index in [1.807, 2.05) is 11.8 Å². The fraction of sp³-hybridized carbons (Fsp3) is 0.0732. The summed E-state index contributed by atoms with van der Waals surface area (Å²) in [5.41, 5.74) is 27.9. The van der Waals surface area contributed by atoms with E-state index in [1.165, 1.54) is 94.0 Å². The van der Waals surface area contributed by atoms with Crippen LogP contribution in [-0.4, -0.2) is 12.0 Å². The van der Waals surface area contributed by atoms with Gasteiger partial charge in [0.25, 0.3) is 0 Å². The summed E-state index contributed by atoms with van der Waals surface area (Å²) in [4.78, 5) is 8.66. The summed E-state index contributed by atoms with van der Waals surface area (Å²) in [7, 11) is 0. The van der Waals surface area contributed by atoms with Gasteiger partial charge in [-0.05, 0) is 177 Å². The average Bonchev–Trinajstić information content (AvgIpc) is 0.728. The highest BCUT2D eigenvalue weighted by molar-refractivity contribution is 8.00. The number of anilines is 9. The Balaban J connectivity index is 0.983. The molecule has 6 heteroatoms. The van der Waals surface area contributed by atoms with Gasteiger partial charge >= 0.3 is 0 Å². The molecule has 3 aliphatic heterocycles. The first-order valence-electron chi connectivity index (χ1n) is 30.7.